The predicted octanol–water partition coefficient (Wildman–Crippen LogP) is 2.34. The zero-order valence-corrected chi connectivity index (χ0v) is 11.8. The number of pyridine rings is 1. The minimum Gasteiger partial charge on any atom is -0.397 e. The van der Waals surface area contributed by atoms with Crippen LogP contribution >= 0.6 is 0 Å². The highest BCUT2D eigenvalue weighted by molar-refractivity contribution is 6.36. The summed E-state index contributed by atoms with van der Waals surface area (Å²) in [7, 11) is 0. The second-order valence-corrected chi connectivity index (χ2v) is 5.62. The van der Waals surface area contributed by atoms with E-state index in [1.54, 1.807) is 12.3 Å². The van der Waals surface area contributed by atoms with Crippen molar-refractivity contribution >= 4 is 50.2 Å². The van der Waals surface area contributed by atoms with E-state index in [1.807, 2.05) is 24.3 Å². The smallest absolute Gasteiger partial charge is 0.259 e. The molecule has 0 saturated heterocycles. The lowest BCUT2D eigenvalue weighted by Gasteiger charge is -2.06. The molecule has 0 atom stereocenters. The number of carbonyl (C=O) groups is 2. The van der Waals surface area contributed by atoms with Crippen molar-refractivity contribution in [1.82, 2.24) is 15.3 Å². The van der Waals surface area contributed by atoms with Gasteiger partial charge in [0.15, 0.2) is 0 Å². The quantitative estimate of drug-likeness (QED) is 0.434. The first-order valence-corrected chi connectivity index (χ1v) is 7.12. The fourth-order valence-electron chi connectivity index (χ4n) is 3.40. The molecule has 6 nitrogen and oxygen atoms in total. The minimum atomic E-state index is -0.408. The monoisotopic (exact) mass is 302 g/mol. The van der Waals surface area contributed by atoms with Crippen molar-refractivity contribution in [2.45, 2.75) is 0 Å². The van der Waals surface area contributed by atoms with Crippen molar-refractivity contribution in [3.05, 3.63) is 47.7 Å². The highest BCUT2D eigenvalue weighted by atomic mass is 16.2. The van der Waals surface area contributed by atoms with Gasteiger partial charge in [-0.25, -0.2) is 0 Å². The molecule has 0 spiro atoms. The Hall–Kier alpha value is -3.41. The Balaban J connectivity index is 2.18. The minimum absolute atomic E-state index is 0.349. The van der Waals surface area contributed by atoms with Crippen LogP contribution in [-0.2, 0) is 0 Å². The number of carbonyl (C=O) groups excluding carboxylic acids is 2. The van der Waals surface area contributed by atoms with Crippen LogP contribution in [0.1, 0.15) is 20.7 Å². The molecule has 1 aliphatic heterocycles. The van der Waals surface area contributed by atoms with Crippen LogP contribution < -0.4 is 11.1 Å². The van der Waals surface area contributed by atoms with Gasteiger partial charge >= 0.3 is 0 Å². The lowest BCUT2D eigenvalue weighted by Crippen LogP contribution is -2.20. The van der Waals surface area contributed by atoms with E-state index in [0.717, 1.165) is 21.8 Å². The Morgan fingerprint density at radius 2 is 1.78 bits per heavy atom. The standard InChI is InChI=1S/C17H10N4O2/c18-7-5-9-12-13(17(23)21-16(12)22)11-8-3-1-2-4-10(8)20-15(11)14(9)19-6-7/h1-6,20H,18H2,(H,21,22,23). The SMILES string of the molecule is Nc1cnc2c(c1)c1c(c3c4ccccc4[nH]c23)C(=O)NC1=O. The number of imide groups is 1. The molecule has 4 N–H and O–H groups in total. The van der Waals surface area contributed by atoms with Crippen molar-refractivity contribution in [3.8, 4) is 0 Å². The third-order valence-electron chi connectivity index (χ3n) is 4.30. The number of nitrogens with two attached hydrogens (primary N) is 1. The first-order chi connectivity index (χ1) is 11.1. The summed E-state index contributed by atoms with van der Waals surface area (Å²) in [6, 6.07) is 9.35. The summed E-state index contributed by atoms with van der Waals surface area (Å²) >= 11 is 0. The number of aromatic amines is 1. The molecule has 0 fully saturated rings. The van der Waals surface area contributed by atoms with Crippen molar-refractivity contribution in [2.24, 2.45) is 0 Å². The molecule has 1 aliphatic rings. The van der Waals surface area contributed by atoms with Gasteiger partial charge in [0.2, 0.25) is 0 Å². The molecule has 3 heterocycles. The van der Waals surface area contributed by atoms with E-state index in [2.05, 4.69) is 15.3 Å². The molecule has 2 aromatic carbocycles. The Kier molecular flexibility index (Phi) is 2.04. The summed E-state index contributed by atoms with van der Waals surface area (Å²) in [4.78, 5) is 32.4. The number of nitrogen functional groups attached to an aromatic ring is 1. The number of aromatic nitrogens is 2. The van der Waals surface area contributed by atoms with E-state index < -0.39 is 5.91 Å². The van der Waals surface area contributed by atoms with E-state index >= 15 is 0 Å². The summed E-state index contributed by atoms with van der Waals surface area (Å²) in [5.41, 5.74) is 9.28. The van der Waals surface area contributed by atoms with E-state index in [1.165, 1.54) is 0 Å². The average molecular weight is 302 g/mol. The number of fused-ring (bicyclic) bond motifs is 8. The third-order valence-corrected chi connectivity index (χ3v) is 4.30. The first kappa shape index (κ1) is 12.2. The molecule has 0 aliphatic carbocycles. The van der Waals surface area contributed by atoms with Gasteiger partial charge in [0.25, 0.3) is 11.8 Å². The Morgan fingerprint density at radius 1 is 1.00 bits per heavy atom. The van der Waals surface area contributed by atoms with E-state index in [0.29, 0.717) is 27.7 Å². The second kappa shape index (κ2) is 3.86. The maximum atomic E-state index is 12.4. The number of nitrogens with one attached hydrogen (secondary N) is 2. The lowest BCUT2D eigenvalue weighted by atomic mass is 9.97. The number of hydrogen-bond donors (Lipinski definition) is 3. The summed E-state index contributed by atoms with van der Waals surface area (Å²) in [5.74, 6) is -0.793. The van der Waals surface area contributed by atoms with Gasteiger partial charge in [0.05, 0.1) is 34.0 Å². The molecule has 0 saturated carbocycles. The zero-order chi connectivity index (χ0) is 15.7. The Morgan fingerprint density at radius 3 is 2.65 bits per heavy atom. The molecule has 2 aromatic heterocycles. The maximum Gasteiger partial charge on any atom is 0.259 e. The maximum absolute atomic E-state index is 12.4. The topological polar surface area (TPSA) is 101 Å². The second-order valence-electron chi connectivity index (χ2n) is 5.62. The van der Waals surface area contributed by atoms with E-state index in [9.17, 15) is 9.59 Å². The molecule has 110 valence electrons. The average Bonchev–Trinajstić information content (AvgIpc) is 3.05. The van der Waals surface area contributed by atoms with Gasteiger partial charge < -0.3 is 10.7 Å². The number of H-pyrrole nitrogens is 1. The van der Waals surface area contributed by atoms with Crippen LogP contribution in [0.4, 0.5) is 5.69 Å². The van der Waals surface area contributed by atoms with Gasteiger partial charge in [-0.05, 0) is 12.1 Å². The fraction of sp³-hybridized carbons (Fsp3) is 0. The van der Waals surface area contributed by atoms with Crippen LogP contribution in [-0.4, -0.2) is 21.8 Å². The van der Waals surface area contributed by atoms with Crippen LogP contribution in [0, 0.1) is 0 Å². The van der Waals surface area contributed by atoms with Gasteiger partial charge in [0.1, 0.15) is 0 Å². The van der Waals surface area contributed by atoms with Crippen molar-refractivity contribution in [3.63, 3.8) is 0 Å². The molecule has 23 heavy (non-hydrogen) atoms. The number of para-hydroxylation sites is 1. The number of benzene rings is 2. The molecular formula is C17H10N4O2. The summed E-state index contributed by atoms with van der Waals surface area (Å²) < 4.78 is 0. The van der Waals surface area contributed by atoms with Gasteiger partial charge in [-0.2, -0.15) is 0 Å². The molecule has 0 bridgehead atoms. The predicted molar refractivity (Wildman–Crippen MR) is 87.3 cm³/mol. The molecule has 0 radical (unpaired) electrons. The fourth-order valence-corrected chi connectivity index (χ4v) is 3.40. The highest BCUT2D eigenvalue weighted by Crippen LogP contribution is 2.38. The van der Waals surface area contributed by atoms with Crippen molar-refractivity contribution in [2.75, 3.05) is 5.73 Å². The molecule has 4 aromatic rings. The first-order valence-electron chi connectivity index (χ1n) is 7.12. The van der Waals surface area contributed by atoms with Crippen molar-refractivity contribution in [1.29, 1.82) is 0 Å². The van der Waals surface area contributed by atoms with E-state index in [-0.39, 0.29) is 5.91 Å². The Labute approximate surface area is 129 Å². The summed E-state index contributed by atoms with van der Waals surface area (Å²) in [5, 5.41) is 4.58. The number of rotatable bonds is 0. The number of amides is 2. The molecule has 5 rings (SSSR count). The van der Waals surface area contributed by atoms with Crippen LogP contribution in [0.3, 0.4) is 0 Å². The van der Waals surface area contributed by atoms with E-state index in [4.69, 9.17) is 5.73 Å². The van der Waals surface area contributed by atoms with Gasteiger partial charge in [0, 0.05) is 21.7 Å². The number of nitrogens with zero attached hydrogens (tertiary/aromatic N) is 1. The van der Waals surface area contributed by atoms with Gasteiger partial charge in [-0.1, -0.05) is 18.2 Å². The normalized spacial score (nSPS) is 13.9. The highest BCUT2D eigenvalue weighted by Gasteiger charge is 2.33. The van der Waals surface area contributed by atoms with Crippen LogP contribution in [0.5, 0.6) is 0 Å². The summed E-state index contributed by atoms with van der Waals surface area (Å²) in [6.45, 7) is 0. The molecule has 6 heteroatoms. The Bertz CT molecular complexity index is 1190. The van der Waals surface area contributed by atoms with Gasteiger partial charge in [-0.15, -0.1) is 0 Å². The lowest BCUT2D eigenvalue weighted by molar-refractivity contribution is 0.0880. The van der Waals surface area contributed by atoms with Crippen LogP contribution in [0.25, 0.3) is 32.7 Å². The van der Waals surface area contributed by atoms with Crippen molar-refractivity contribution < 1.29 is 9.59 Å². The largest absolute Gasteiger partial charge is 0.397 e. The number of anilines is 1. The third kappa shape index (κ3) is 1.39. The van der Waals surface area contributed by atoms with Crippen LogP contribution in [0.2, 0.25) is 0 Å². The number of hydrogen-bond acceptors (Lipinski definition) is 4. The van der Waals surface area contributed by atoms with Crippen LogP contribution in [0.15, 0.2) is 36.5 Å². The zero-order valence-electron chi connectivity index (χ0n) is 11.8. The molecule has 2 amide bonds. The molecular weight excluding hydrogens is 292 g/mol. The molecule has 0 unspecified atom stereocenters. The summed E-state index contributed by atoms with van der Waals surface area (Å²) in [6.07, 6.45) is 1.55. The van der Waals surface area contributed by atoms with Gasteiger partial charge in [-0.3, -0.25) is 19.9 Å².